The van der Waals surface area contributed by atoms with Crippen molar-refractivity contribution in [1.29, 1.82) is 0 Å². The predicted molar refractivity (Wildman–Crippen MR) is 134 cm³/mol. The first-order chi connectivity index (χ1) is 17.4. The highest BCUT2D eigenvalue weighted by Gasteiger charge is 2.24. The van der Waals surface area contributed by atoms with Gasteiger partial charge in [-0.05, 0) is 79.0 Å². The van der Waals surface area contributed by atoms with Gasteiger partial charge in [0, 0.05) is 5.56 Å². The normalized spacial score (nSPS) is 15.5. The number of ether oxygens (including phenoxy) is 2. The zero-order valence-electron chi connectivity index (χ0n) is 20.6. The molecule has 3 aromatic rings. The molecule has 0 bridgehead atoms. The van der Waals surface area contributed by atoms with Gasteiger partial charge < -0.3 is 9.47 Å². The highest BCUT2D eigenvalue weighted by Crippen LogP contribution is 2.39. The van der Waals surface area contributed by atoms with E-state index in [-0.39, 0.29) is 29.6 Å². The molecule has 190 valence electrons. The van der Waals surface area contributed by atoms with Gasteiger partial charge in [-0.1, -0.05) is 49.8 Å². The zero-order valence-corrected chi connectivity index (χ0v) is 20.6. The van der Waals surface area contributed by atoms with Crippen LogP contribution in [0.15, 0.2) is 54.6 Å². The minimum Gasteiger partial charge on any atom is -0.491 e. The fraction of sp³-hybridized carbons (Fsp3) is 0.333. The van der Waals surface area contributed by atoms with Crippen molar-refractivity contribution in [2.45, 2.75) is 51.9 Å². The Kier molecular flexibility index (Phi) is 8.34. The highest BCUT2D eigenvalue weighted by molar-refractivity contribution is 5.71. The molecule has 0 heterocycles. The predicted octanol–water partition coefficient (Wildman–Crippen LogP) is 8.84. The number of halogens is 4. The molecule has 36 heavy (non-hydrogen) atoms. The molecule has 0 amide bonds. The largest absolute Gasteiger partial charge is 0.491 e. The molecule has 0 spiro atoms. The van der Waals surface area contributed by atoms with Gasteiger partial charge in [0.05, 0.1) is 13.2 Å². The van der Waals surface area contributed by atoms with E-state index >= 15 is 0 Å². The zero-order chi connectivity index (χ0) is 25.7. The average molecular weight is 499 g/mol. The van der Waals surface area contributed by atoms with Crippen LogP contribution in [0.2, 0.25) is 0 Å². The number of unbranched alkanes of at least 4 members (excludes halogenated alkanes) is 1. The summed E-state index contributed by atoms with van der Waals surface area (Å²) in [5.74, 6) is -3.96. The molecule has 0 N–H and O–H groups in total. The van der Waals surface area contributed by atoms with Gasteiger partial charge in [0.15, 0.2) is 23.1 Å². The first kappa shape index (κ1) is 25.8. The van der Waals surface area contributed by atoms with Gasteiger partial charge >= 0.3 is 0 Å². The number of allylic oxidation sites excluding steroid dienone is 2. The van der Waals surface area contributed by atoms with Gasteiger partial charge in [-0.2, -0.15) is 8.78 Å². The molecule has 1 aliphatic carbocycles. The lowest BCUT2D eigenvalue weighted by atomic mass is 9.82. The molecule has 2 nitrogen and oxygen atoms in total. The summed E-state index contributed by atoms with van der Waals surface area (Å²) in [5, 5.41) is 0. The van der Waals surface area contributed by atoms with Crippen LogP contribution in [0.1, 0.15) is 63.0 Å². The first-order valence-electron chi connectivity index (χ1n) is 12.5. The summed E-state index contributed by atoms with van der Waals surface area (Å²) in [6, 6.07) is 13.3. The van der Waals surface area contributed by atoms with E-state index in [4.69, 9.17) is 9.47 Å². The van der Waals surface area contributed by atoms with Crippen LogP contribution >= 0.6 is 0 Å². The van der Waals surface area contributed by atoms with Gasteiger partial charge in [0.1, 0.15) is 0 Å². The van der Waals surface area contributed by atoms with E-state index in [0.29, 0.717) is 37.0 Å². The summed E-state index contributed by atoms with van der Waals surface area (Å²) in [6.45, 7) is 4.33. The molecular weight excluding hydrogens is 468 g/mol. The maximum Gasteiger partial charge on any atom is 0.201 e. The number of hydrogen-bond donors (Lipinski definition) is 0. The van der Waals surface area contributed by atoms with Crippen molar-refractivity contribution in [3.63, 3.8) is 0 Å². The van der Waals surface area contributed by atoms with Crippen molar-refractivity contribution in [2.24, 2.45) is 0 Å². The molecule has 1 unspecified atom stereocenters. The molecule has 0 aromatic heterocycles. The molecule has 1 aliphatic rings. The Morgan fingerprint density at radius 3 is 2.08 bits per heavy atom. The first-order valence-corrected chi connectivity index (χ1v) is 12.5. The second-order valence-electron chi connectivity index (χ2n) is 8.93. The molecule has 0 aliphatic heterocycles. The van der Waals surface area contributed by atoms with Crippen molar-refractivity contribution in [2.75, 3.05) is 13.2 Å². The van der Waals surface area contributed by atoms with Gasteiger partial charge in [-0.25, -0.2) is 8.78 Å². The smallest absolute Gasteiger partial charge is 0.201 e. The number of rotatable bonds is 9. The minimum absolute atomic E-state index is 0.0410. The third kappa shape index (κ3) is 5.43. The van der Waals surface area contributed by atoms with E-state index in [1.807, 2.05) is 25.1 Å². The van der Waals surface area contributed by atoms with E-state index in [1.165, 1.54) is 18.2 Å². The molecule has 1 atom stereocenters. The average Bonchev–Trinajstić information content (AvgIpc) is 2.90. The van der Waals surface area contributed by atoms with Crippen LogP contribution in [0.5, 0.6) is 11.5 Å². The Morgan fingerprint density at radius 1 is 0.750 bits per heavy atom. The van der Waals surface area contributed by atoms with Gasteiger partial charge in [-0.15, -0.1) is 0 Å². The molecule has 0 saturated heterocycles. The van der Waals surface area contributed by atoms with Crippen LogP contribution in [0.3, 0.4) is 0 Å². The van der Waals surface area contributed by atoms with E-state index < -0.39 is 23.3 Å². The minimum atomic E-state index is -0.997. The maximum atomic E-state index is 14.8. The lowest BCUT2D eigenvalue weighted by molar-refractivity contribution is 0.287. The van der Waals surface area contributed by atoms with Crippen molar-refractivity contribution < 1.29 is 27.0 Å². The van der Waals surface area contributed by atoms with E-state index in [0.717, 1.165) is 24.0 Å². The van der Waals surface area contributed by atoms with Crippen LogP contribution in [-0.4, -0.2) is 13.2 Å². The van der Waals surface area contributed by atoms with Crippen LogP contribution in [0, 0.1) is 23.3 Å². The van der Waals surface area contributed by atoms with Gasteiger partial charge in [-0.3, -0.25) is 0 Å². The lowest BCUT2D eigenvalue weighted by Crippen LogP contribution is -2.09. The molecule has 3 aromatic carbocycles. The van der Waals surface area contributed by atoms with Gasteiger partial charge in [0.25, 0.3) is 0 Å². The monoisotopic (exact) mass is 498 g/mol. The SMILES string of the molecule is CCCCOc1ccc(C2CC=C(c3ccc(-c4ccc(OCC)c(F)c4F)cc3)CC2)c(F)c1F. The van der Waals surface area contributed by atoms with Crippen molar-refractivity contribution in [1.82, 2.24) is 0 Å². The standard InChI is InChI=1S/C30H30F4O2/c1-3-5-18-36-26-17-15-24(28(32)30(26)34)22-12-8-20(9-13-22)19-6-10-21(11-7-19)23-14-16-25(35-4-2)29(33)27(23)31/h6-8,10-11,14-17,22H,3-5,9,12-13,18H2,1-2H3. The second-order valence-corrected chi connectivity index (χ2v) is 8.93. The summed E-state index contributed by atoms with van der Waals surface area (Å²) in [6.07, 6.45) is 5.71. The van der Waals surface area contributed by atoms with Crippen LogP contribution in [-0.2, 0) is 0 Å². The molecule has 6 heteroatoms. The van der Waals surface area contributed by atoms with E-state index in [2.05, 4.69) is 0 Å². The Hall–Kier alpha value is -3.28. The highest BCUT2D eigenvalue weighted by atomic mass is 19.2. The quantitative estimate of drug-likeness (QED) is 0.217. The fourth-order valence-electron chi connectivity index (χ4n) is 4.56. The lowest BCUT2D eigenvalue weighted by Gasteiger charge is -2.23. The molecule has 0 fully saturated rings. The van der Waals surface area contributed by atoms with Gasteiger partial charge in [0.2, 0.25) is 11.6 Å². The molecule has 0 saturated carbocycles. The third-order valence-corrected chi connectivity index (χ3v) is 6.60. The maximum absolute atomic E-state index is 14.8. The van der Waals surface area contributed by atoms with Crippen LogP contribution < -0.4 is 9.47 Å². The van der Waals surface area contributed by atoms with Crippen LogP contribution in [0.25, 0.3) is 16.7 Å². The van der Waals surface area contributed by atoms with Crippen LogP contribution in [0.4, 0.5) is 17.6 Å². The number of benzene rings is 3. The topological polar surface area (TPSA) is 18.5 Å². The number of hydrogen-bond acceptors (Lipinski definition) is 2. The second kappa shape index (κ2) is 11.6. The Balaban J connectivity index is 1.46. The summed E-state index contributed by atoms with van der Waals surface area (Å²) in [7, 11) is 0. The molecule has 0 radical (unpaired) electrons. The summed E-state index contributed by atoms with van der Waals surface area (Å²) < 4.78 is 68.6. The van der Waals surface area contributed by atoms with E-state index in [1.54, 1.807) is 25.1 Å². The van der Waals surface area contributed by atoms with Crippen molar-refractivity contribution in [3.8, 4) is 22.6 Å². The Bertz CT molecular complexity index is 1230. The van der Waals surface area contributed by atoms with Crippen molar-refractivity contribution >= 4 is 5.57 Å². The van der Waals surface area contributed by atoms with E-state index in [9.17, 15) is 17.6 Å². The summed E-state index contributed by atoms with van der Waals surface area (Å²) in [5.41, 5.74) is 3.16. The third-order valence-electron chi connectivity index (χ3n) is 6.60. The fourth-order valence-corrected chi connectivity index (χ4v) is 4.56. The molecule has 4 rings (SSSR count). The Morgan fingerprint density at radius 2 is 1.42 bits per heavy atom. The summed E-state index contributed by atoms with van der Waals surface area (Å²) >= 11 is 0. The molecular formula is C30H30F4O2. The van der Waals surface area contributed by atoms with Crippen molar-refractivity contribution in [3.05, 3.63) is 89.0 Å². The Labute approximate surface area is 209 Å². The summed E-state index contributed by atoms with van der Waals surface area (Å²) in [4.78, 5) is 0.